The highest BCUT2D eigenvalue weighted by atomic mass is 79.9. The number of hydrogen-bond acceptors (Lipinski definition) is 3. The molecule has 2 atom stereocenters. The smallest absolute Gasteiger partial charge is 0.119 e. The van der Waals surface area contributed by atoms with E-state index < -0.39 is 0 Å². The van der Waals surface area contributed by atoms with Crippen molar-refractivity contribution in [2.75, 3.05) is 20.2 Å². The molecule has 106 valence electrons. The average Bonchev–Trinajstić information content (AvgIpc) is 2.83. The lowest BCUT2D eigenvalue weighted by Gasteiger charge is -2.32. The van der Waals surface area contributed by atoms with Crippen LogP contribution in [0, 0.1) is 5.92 Å². The molecule has 3 nitrogen and oxygen atoms in total. The minimum atomic E-state index is 0.384. The Morgan fingerprint density at radius 2 is 2.21 bits per heavy atom. The molecular formula is C15H23BrN2O. The molecule has 2 unspecified atom stereocenters. The van der Waals surface area contributed by atoms with Crippen LogP contribution >= 0.6 is 15.9 Å². The van der Waals surface area contributed by atoms with Gasteiger partial charge in [0.05, 0.1) is 7.11 Å². The minimum absolute atomic E-state index is 0.384. The third-order valence-corrected chi connectivity index (χ3v) is 4.77. The van der Waals surface area contributed by atoms with Gasteiger partial charge in [-0.3, -0.25) is 4.90 Å². The van der Waals surface area contributed by atoms with Gasteiger partial charge in [0.1, 0.15) is 5.75 Å². The van der Waals surface area contributed by atoms with Crippen LogP contribution in [0.5, 0.6) is 5.75 Å². The Balaban J connectivity index is 2.40. The van der Waals surface area contributed by atoms with Gasteiger partial charge in [0.2, 0.25) is 0 Å². The van der Waals surface area contributed by atoms with Crippen LogP contribution in [0.3, 0.4) is 0 Å². The van der Waals surface area contributed by atoms with Crippen molar-refractivity contribution in [1.82, 2.24) is 4.90 Å². The molecule has 0 aromatic heterocycles. The molecule has 0 spiro atoms. The Bertz CT molecular complexity index is 436. The topological polar surface area (TPSA) is 38.5 Å². The molecule has 1 aromatic rings. The predicted molar refractivity (Wildman–Crippen MR) is 82.4 cm³/mol. The minimum Gasteiger partial charge on any atom is -0.497 e. The van der Waals surface area contributed by atoms with E-state index in [2.05, 4.69) is 46.8 Å². The first-order valence-corrected chi connectivity index (χ1v) is 7.67. The van der Waals surface area contributed by atoms with E-state index in [9.17, 15) is 0 Å². The van der Waals surface area contributed by atoms with E-state index in [4.69, 9.17) is 10.5 Å². The number of rotatable bonds is 4. The van der Waals surface area contributed by atoms with Crippen LogP contribution in [0.1, 0.15) is 31.9 Å². The van der Waals surface area contributed by atoms with Crippen molar-refractivity contribution >= 4 is 15.9 Å². The first kappa shape index (κ1) is 14.8. The van der Waals surface area contributed by atoms with E-state index in [1.54, 1.807) is 7.11 Å². The molecule has 2 N–H and O–H groups in total. The van der Waals surface area contributed by atoms with Crippen LogP contribution in [0.4, 0.5) is 0 Å². The first-order chi connectivity index (χ1) is 9.08. The summed E-state index contributed by atoms with van der Waals surface area (Å²) in [4.78, 5) is 2.54. The van der Waals surface area contributed by atoms with Crippen molar-refractivity contribution in [1.29, 1.82) is 0 Å². The monoisotopic (exact) mass is 326 g/mol. The third kappa shape index (κ3) is 2.96. The highest BCUT2D eigenvalue weighted by Gasteiger charge is 2.36. The number of nitrogens with zero attached hydrogens (tertiary/aromatic N) is 1. The Kier molecular flexibility index (Phi) is 4.87. The second-order valence-corrected chi connectivity index (χ2v) is 6.30. The normalized spacial score (nSPS) is 24.1. The predicted octanol–water partition coefficient (Wildman–Crippen LogP) is 3.19. The molecule has 1 aliphatic heterocycles. The van der Waals surface area contributed by atoms with Crippen LogP contribution < -0.4 is 10.5 Å². The van der Waals surface area contributed by atoms with Crippen molar-refractivity contribution < 1.29 is 4.74 Å². The van der Waals surface area contributed by atoms with Gasteiger partial charge < -0.3 is 10.5 Å². The maximum Gasteiger partial charge on any atom is 0.119 e. The zero-order valence-electron chi connectivity index (χ0n) is 11.9. The van der Waals surface area contributed by atoms with Gasteiger partial charge in [-0.2, -0.15) is 0 Å². The van der Waals surface area contributed by atoms with Crippen molar-refractivity contribution in [3.05, 3.63) is 28.2 Å². The van der Waals surface area contributed by atoms with E-state index in [0.717, 1.165) is 23.3 Å². The summed E-state index contributed by atoms with van der Waals surface area (Å²) < 4.78 is 6.51. The molecule has 0 bridgehead atoms. The second kappa shape index (κ2) is 6.25. The van der Waals surface area contributed by atoms with E-state index in [1.807, 2.05) is 6.07 Å². The summed E-state index contributed by atoms with van der Waals surface area (Å²) in [6.45, 7) is 6.35. The zero-order chi connectivity index (χ0) is 14.0. The molecule has 0 radical (unpaired) electrons. The fourth-order valence-corrected chi connectivity index (χ4v) is 3.50. The van der Waals surface area contributed by atoms with Crippen LogP contribution in [-0.2, 0) is 0 Å². The van der Waals surface area contributed by atoms with Gasteiger partial charge in [0, 0.05) is 16.6 Å². The molecule has 0 aliphatic carbocycles. The van der Waals surface area contributed by atoms with Gasteiger partial charge in [-0.1, -0.05) is 15.9 Å². The highest BCUT2D eigenvalue weighted by Crippen LogP contribution is 2.42. The average molecular weight is 327 g/mol. The third-order valence-electron chi connectivity index (χ3n) is 4.05. The van der Waals surface area contributed by atoms with E-state index in [1.165, 1.54) is 12.0 Å². The van der Waals surface area contributed by atoms with Crippen LogP contribution in [0.15, 0.2) is 22.7 Å². The quantitative estimate of drug-likeness (QED) is 0.923. The molecule has 2 rings (SSSR count). The van der Waals surface area contributed by atoms with Gasteiger partial charge >= 0.3 is 0 Å². The molecule has 19 heavy (non-hydrogen) atoms. The number of nitrogens with two attached hydrogens (primary N) is 1. The summed E-state index contributed by atoms with van der Waals surface area (Å²) in [5, 5.41) is 0. The summed E-state index contributed by atoms with van der Waals surface area (Å²) >= 11 is 3.68. The van der Waals surface area contributed by atoms with Gasteiger partial charge in [-0.25, -0.2) is 0 Å². The van der Waals surface area contributed by atoms with Gasteiger partial charge in [-0.05, 0) is 63.0 Å². The Hall–Kier alpha value is -0.580. The molecule has 0 amide bonds. The molecule has 4 heteroatoms. The fourth-order valence-electron chi connectivity index (χ4n) is 3.02. The Labute approximate surface area is 124 Å². The molecular weight excluding hydrogens is 304 g/mol. The summed E-state index contributed by atoms with van der Waals surface area (Å²) in [5.74, 6) is 1.43. The van der Waals surface area contributed by atoms with Crippen molar-refractivity contribution in [2.45, 2.75) is 32.4 Å². The number of benzene rings is 1. The molecule has 1 aromatic carbocycles. The highest BCUT2D eigenvalue weighted by molar-refractivity contribution is 9.10. The lowest BCUT2D eigenvalue weighted by molar-refractivity contribution is 0.184. The number of methoxy groups -OCH3 is 1. The summed E-state index contributed by atoms with van der Waals surface area (Å²) in [6, 6.07) is 7.10. The summed E-state index contributed by atoms with van der Waals surface area (Å²) in [5.41, 5.74) is 7.26. The number of hydrogen-bond donors (Lipinski definition) is 1. The standard InChI is InChI=1S/C15H23BrN2O/c1-10(2)18-7-6-11(9-17)15(18)13-8-12(19-3)4-5-14(13)16/h4-5,8,10-11,15H,6-7,9,17H2,1-3H3. The molecule has 0 saturated carbocycles. The number of ether oxygens (including phenoxy) is 1. The van der Waals surface area contributed by atoms with Crippen LogP contribution in [0.25, 0.3) is 0 Å². The Morgan fingerprint density at radius 3 is 2.79 bits per heavy atom. The molecule has 1 aliphatic rings. The fraction of sp³-hybridized carbons (Fsp3) is 0.600. The number of likely N-dealkylation sites (tertiary alicyclic amines) is 1. The lowest BCUT2D eigenvalue weighted by atomic mass is 9.93. The van der Waals surface area contributed by atoms with Gasteiger partial charge in [-0.15, -0.1) is 0 Å². The summed E-state index contributed by atoms with van der Waals surface area (Å²) in [6.07, 6.45) is 1.17. The SMILES string of the molecule is COc1ccc(Br)c(C2C(CN)CCN2C(C)C)c1. The van der Waals surface area contributed by atoms with Gasteiger partial charge in [0.15, 0.2) is 0 Å². The second-order valence-electron chi connectivity index (χ2n) is 5.45. The summed E-state index contributed by atoms with van der Waals surface area (Å²) in [7, 11) is 1.71. The molecule has 1 heterocycles. The first-order valence-electron chi connectivity index (χ1n) is 6.87. The number of halogens is 1. The van der Waals surface area contributed by atoms with Gasteiger partial charge in [0.25, 0.3) is 0 Å². The Morgan fingerprint density at radius 1 is 1.47 bits per heavy atom. The molecule has 1 fully saturated rings. The molecule has 1 saturated heterocycles. The van der Waals surface area contributed by atoms with Crippen molar-refractivity contribution in [2.24, 2.45) is 11.7 Å². The largest absolute Gasteiger partial charge is 0.497 e. The van der Waals surface area contributed by atoms with E-state index >= 15 is 0 Å². The van der Waals surface area contributed by atoms with E-state index in [0.29, 0.717) is 18.0 Å². The maximum atomic E-state index is 5.97. The van der Waals surface area contributed by atoms with Crippen LogP contribution in [0.2, 0.25) is 0 Å². The van der Waals surface area contributed by atoms with Crippen molar-refractivity contribution in [3.63, 3.8) is 0 Å². The lowest BCUT2D eigenvalue weighted by Crippen LogP contribution is -2.33. The van der Waals surface area contributed by atoms with Crippen molar-refractivity contribution in [3.8, 4) is 5.75 Å². The zero-order valence-corrected chi connectivity index (χ0v) is 13.5. The van der Waals surface area contributed by atoms with Crippen LogP contribution in [-0.4, -0.2) is 31.1 Å². The maximum absolute atomic E-state index is 5.97. The van der Waals surface area contributed by atoms with E-state index in [-0.39, 0.29) is 0 Å².